The summed E-state index contributed by atoms with van der Waals surface area (Å²) in [5.41, 5.74) is 11.2. The van der Waals surface area contributed by atoms with E-state index in [1.807, 2.05) is 0 Å². The van der Waals surface area contributed by atoms with Crippen LogP contribution in [0.1, 0.15) is 66.7 Å². The number of aliphatic hydroxyl groups excluding tert-OH is 2. The molecule has 22 heteroatoms. The molecule has 0 radical (unpaired) electrons. The van der Waals surface area contributed by atoms with E-state index in [2.05, 4.69) is 37.2 Å². The van der Waals surface area contributed by atoms with Crippen molar-refractivity contribution in [1.29, 1.82) is 5.41 Å². The zero-order valence-corrected chi connectivity index (χ0v) is 30.6. The van der Waals surface area contributed by atoms with Crippen molar-refractivity contribution in [3.05, 3.63) is 0 Å². The van der Waals surface area contributed by atoms with Crippen LogP contribution in [0, 0.1) is 17.2 Å². The second kappa shape index (κ2) is 24.2. The van der Waals surface area contributed by atoms with Crippen molar-refractivity contribution in [2.75, 3.05) is 19.7 Å². The van der Waals surface area contributed by atoms with Gasteiger partial charge in [-0.3, -0.25) is 43.8 Å². The molecule has 16 N–H and O–H groups in total. The van der Waals surface area contributed by atoms with Gasteiger partial charge in [0.2, 0.25) is 35.4 Å². The van der Waals surface area contributed by atoms with Crippen LogP contribution >= 0.6 is 0 Å². The lowest BCUT2D eigenvalue weighted by Gasteiger charge is -2.28. The number of carbonyl (C=O) groups excluding carboxylic acids is 6. The van der Waals surface area contributed by atoms with Crippen LogP contribution in [0.4, 0.5) is 0 Å². The van der Waals surface area contributed by atoms with Gasteiger partial charge >= 0.3 is 11.9 Å². The minimum absolute atomic E-state index is 0.0313. The van der Waals surface area contributed by atoms with E-state index in [9.17, 15) is 53.7 Å². The van der Waals surface area contributed by atoms with Crippen molar-refractivity contribution in [2.45, 2.75) is 109 Å². The first-order valence-electron chi connectivity index (χ1n) is 17.0. The van der Waals surface area contributed by atoms with Gasteiger partial charge in [-0.05, 0) is 38.0 Å². The van der Waals surface area contributed by atoms with Crippen LogP contribution in [0.15, 0.2) is 0 Å². The third-order valence-electron chi connectivity index (χ3n) is 7.82. The van der Waals surface area contributed by atoms with Gasteiger partial charge in [0, 0.05) is 6.54 Å². The number of carboxylic acid groups (broad SMARTS) is 2. The SMILES string of the molecule is CC[C@H](C)[C@H](N)C(=O)N[C@@H](CO)C(=O)N[C@@H](CC(=O)O)C(=O)N[C@@H](CCCNC(=N)N)C(=O)N[C@H](C(=O)N[C@@H](CC(C)C)C(=O)NCC(=O)O)[C@@H](C)O. The number of hydrogen-bond acceptors (Lipinski definition) is 12. The third-order valence-corrected chi connectivity index (χ3v) is 7.82. The first-order chi connectivity index (χ1) is 24.6. The maximum Gasteiger partial charge on any atom is 0.322 e. The van der Waals surface area contributed by atoms with E-state index in [0.29, 0.717) is 6.42 Å². The van der Waals surface area contributed by atoms with Gasteiger partial charge in [-0.2, -0.15) is 0 Å². The molecule has 8 atom stereocenters. The molecule has 302 valence electrons. The van der Waals surface area contributed by atoms with E-state index >= 15 is 0 Å². The molecule has 0 rings (SSSR count). The first-order valence-corrected chi connectivity index (χ1v) is 17.0. The molecule has 0 spiro atoms. The summed E-state index contributed by atoms with van der Waals surface area (Å²) in [7, 11) is 0. The average Bonchev–Trinajstić information content (AvgIpc) is 3.07. The van der Waals surface area contributed by atoms with Crippen molar-refractivity contribution >= 4 is 53.3 Å². The number of amides is 6. The largest absolute Gasteiger partial charge is 0.481 e. The zero-order valence-electron chi connectivity index (χ0n) is 30.6. The van der Waals surface area contributed by atoms with Crippen LogP contribution in [0.2, 0.25) is 0 Å². The minimum Gasteiger partial charge on any atom is -0.481 e. The van der Waals surface area contributed by atoms with Crippen molar-refractivity contribution < 1.29 is 58.8 Å². The highest BCUT2D eigenvalue weighted by Gasteiger charge is 2.35. The summed E-state index contributed by atoms with van der Waals surface area (Å²) in [5, 5.41) is 61.9. The fourth-order valence-corrected chi connectivity index (χ4v) is 4.61. The molecule has 0 bridgehead atoms. The standard InChI is InChI=1S/C31H56N10O12/c1-6-15(4)23(32)29(52)40-20(13-42)28(51)38-19(11-21(44)45)27(50)37-17(8-7-9-35-31(33)34)26(49)41-24(16(5)43)30(53)39-18(10-14(2)3)25(48)36-12-22(46)47/h14-20,23-24,42-43H,6-13,32H2,1-5H3,(H,36,48)(H,37,50)(H,38,51)(H,39,53)(H,40,52)(H,41,49)(H,44,45)(H,46,47)(H4,33,34,35)/t15-,16+,17-,18-,19-,20-,23-,24-/m0/s1. The third kappa shape index (κ3) is 18.8. The Kier molecular flexibility index (Phi) is 21.9. The van der Waals surface area contributed by atoms with Crippen molar-refractivity contribution in [3.8, 4) is 0 Å². The van der Waals surface area contributed by atoms with Gasteiger partial charge in [0.15, 0.2) is 5.96 Å². The minimum atomic E-state index is -1.85. The van der Waals surface area contributed by atoms with Gasteiger partial charge in [0.25, 0.3) is 0 Å². The number of rotatable bonds is 25. The van der Waals surface area contributed by atoms with Gasteiger partial charge < -0.3 is 69.1 Å². The molecule has 53 heavy (non-hydrogen) atoms. The molecule has 0 saturated heterocycles. The molecule has 0 aromatic heterocycles. The molecule has 22 nitrogen and oxygen atoms in total. The van der Waals surface area contributed by atoms with Crippen LogP contribution in [-0.4, -0.2) is 136 Å². The van der Waals surface area contributed by atoms with Gasteiger partial charge in [-0.15, -0.1) is 0 Å². The molecule has 0 aromatic carbocycles. The summed E-state index contributed by atoms with van der Waals surface area (Å²) in [6.45, 7) is 6.45. The fraction of sp³-hybridized carbons (Fsp3) is 0.710. The van der Waals surface area contributed by atoms with Gasteiger partial charge in [0.05, 0.1) is 25.2 Å². The zero-order chi connectivity index (χ0) is 41.0. The summed E-state index contributed by atoms with van der Waals surface area (Å²) in [6.07, 6.45) is -2.14. The predicted octanol–water partition coefficient (Wildman–Crippen LogP) is -4.86. The second-order valence-electron chi connectivity index (χ2n) is 12.9. The molecular weight excluding hydrogens is 704 g/mol. The molecule has 0 aliphatic carbocycles. The topological polar surface area (TPSA) is 378 Å². The van der Waals surface area contributed by atoms with Gasteiger partial charge in [-0.1, -0.05) is 34.1 Å². The number of carbonyl (C=O) groups is 8. The van der Waals surface area contributed by atoms with E-state index in [-0.39, 0.29) is 37.6 Å². The smallest absolute Gasteiger partial charge is 0.322 e. The molecule has 0 unspecified atom stereocenters. The summed E-state index contributed by atoms with van der Waals surface area (Å²) < 4.78 is 0. The number of aliphatic hydroxyl groups is 2. The van der Waals surface area contributed by atoms with Crippen molar-refractivity contribution in [1.82, 2.24) is 37.2 Å². The normalized spacial score (nSPS) is 15.5. The summed E-state index contributed by atoms with van der Waals surface area (Å²) in [5.74, 6) is -9.77. The lowest BCUT2D eigenvalue weighted by atomic mass is 9.99. The van der Waals surface area contributed by atoms with Crippen LogP contribution in [-0.2, 0) is 38.4 Å². The highest BCUT2D eigenvalue weighted by Crippen LogP contribution is 2.09. The molecule has 0 aliphatic heterocycles. The predicted molar refractivity (Wildman–Crippen MR) is 187 cm³/mol. The van der Waals surface area contributed by atoms with E-state index in [1.165, 1.54) is 0 Å². The Hall–Kier alpha value is -5.09. The quantitative estimate of drug-likeness (QED) is 0.0236. The molecule has 0 saturated carbocycles. The van der Waals surface area contributed by atoms with E-state index in [4.69, 9.17) is 22.0 Å². The number of aliphatic carboxylic acids is 2. The van der Waals surface area contributed by atoms with Gasteiger partial charge in [0.1, 0.15) is 36.8 Å². The molecular formula is C31H56N10O12. The number of nitrogens with one attached hydrogen (secondary N) is 8. The Bertz CT molecular complexity index is 1300. The van der Waals surface area contributed by atoms with Crippen LogP contribution in [0.3, 0.4) is 0 Å². The first kappa shape index (κ1) is 47.9. The Morgan fingerprint density at radius 2 is 1.23 bits per heavy atom. The summed E-state index contributed by atoms with van der Waals surface area (Å²) >= 11 is 0. The maximum atomic E-state index is 13.5. The van der Waals surface area contributed by atoms with E-state index < -0.39 is 115 Å². The van der Waals surface area contributed by atoms with E-state index in [0.717, 1.165) is 6.92 Å². The van der Waals surface area contributed by atoms with Crippen molar-refractivity contribution in [3.63, 3.8) is 0 Å². The van der Waals surface area contributed by atoms with Crippen molar-refractivity contribution in [2.24, 2.45) is 23.3 Å². The highest BCUT2D eigenvalue weighted by molar-refractivity contribution is 5.98. The maximum absolute atomic E-state index is 13.5. The molecule has 0 heterocycles. The molecule has 0 fully saturated rings. The lowest BCUT2D eigenvalue weighted by molar-refractivity contribution is -0.142. The van der Waals surface area contributed by atoms with Crippen LogP contribution in [0.5, 0.6) is 0 Å². The second-order valence-corrected chi connectivity index (χ2v) is 12.9. The Labute approximate surface area is 306 Å². The Balaban J connectivity index is 6.23. The number of carboxylic acids is 2. The highest BCUT2D eigenvalue weighted by atomic mass is 16.4. The van der Waals surface area contributed by atoms with Gasteiger partial charge in [-0.25, -0.2) is 0 Å². The summed E-state index contributed by atoms with van der Waals surface area (Å²) in [6, 6.07) is -9.05. The fourth-order valence-electron chi connectivity index (χ4n) is 4.61. The molecule has 0 aromatic rings. The Morgan fingerprint density at radius 3 is 1.72 bits per heavy atom. The monoisotopic (exact) mass is 760 g/mol. The van der Waals surface area contributed by atoms with E-state index in [1.54, 1.807) is 27.7 Å². The summed E-state index contributed by atoms with van der Waals surface area (Å²) in [4.78, 5) is 101. The van der Waals surface area contributed by atoms with Crippen LogP contribution in [0.25, 0.3) is 0 Å². The Morgan fingerprint density at radius 1 is 0.698 bits per heavy atom. The molecule has 0 aliphatic rings. The average molecular weight is 761 g/mol. The lowest BCUT2D eigenvalue weighted by Crippen LogP contribution is -2.61. The number of guanidine groups is 1. The van der Waals surface area contributed by atoms with Crippen LogP contribution < -0.4 is 48.7 Å². The number of nitrogens with two attached hydrogens (primary N) is 2. The molecule has 6 amide bonds. The number of hydrogen-bond donors (Lipinski definition) is 14.